The maximum absolute atomic E-state index is 13.0. The van der Waals surface area contributed by atoms with E-state index in [1.807, 2.05) is 30.3 Å². The highest BCUT2D eigenvalue weighted by Crippen LogP contribution is 2.36. The first-order valence-electron chi connectivity index (χ1n) is 9.71. The summed E-state index contributed by atoms with van der Waals surface area (Å²) in [4.78, 5) is 13.0. The number of rotatable bonds is 2. The van der Waals surface area contributed by atoms with Crippen molar-refractivity contribution >= 4 is 19.9 Å². The van der Waals surface area contributed by atoms with E-state index in [-0.39, 0.29) is 17.1 Å². The molecule has 0 saturated heterocycles. The maximum atomic E-state index is 13.0. The molecule has 3 rings (SSSR count). The fraction of sp³-hybridized carbons (Fsp3) is 0.320. The fourth-order valence-corrected chi connectivity index (χ4v) is 5.40. The zero-order valence-electron chi connectivity index (χ0n) is 17.3. The minimum absolute atomic E-state index is 0.128. The Hall–Kier alpha value is -2.19. The van der Waals surface area contributed by atoms with Crippen LogP contribution in [0.25, 0.3) is 6.08 Å². The average Bonchev–Trinajstić information content (AvgIpc) is 2.58. The third kappa shape index (κ3) is 4.22. The van der Waals surface area contributed by atoms with E-state index in [0.717, 1.165) is 11.1 Å². The third-order valence-corrected chi connectivity index (χ3v) is 7.51. The number of hydrogen-bond acceptors (Lipinski definition) is 1. The summed E-state index contributed by atoms with van der Waals surface area (Å²) in [6, 6.07) is 16.8. The topological polar surface area (TPSA) is 17.1 Å². The molecule has 0 bridgehead atoms. The highest BCUT2D eigenvalue weighted by atomic mass is 28.3. The van der Waals surface area contributed by atoms with Crippen molar-refractivity contribution in [3.8, 4) is 0 Å². The number of fused-ring (bicyclic) bond motifs is 1. The lowest BCUT2D eigenvalue weighted by molar-refractivity contribution is 0.104. The molecule has 0 N–H and O–H groups in total. The van der Waals surface area contributed by atoms with Gasteiger partial charge in [-0.3, -0.25) is 4.79 Å². The molecule has 0 aromatic heterocycles. The van der Waals surface area contributed by atoms with Crippen LogP contribution in [-0.2, 0) is 5.41 Å². The molecule has 1 aliphatic rings. The third-order valence-electron chi connectivity index (χ3n) is 5.32. The predicted molar refractivity (Wildman–Crippen MR) is 119 cm³/mol. The van der Waals surface area contributed by atoms with Gasteiger partial charge in [-0.15, -0.1) is 0 Å². The van der Waals surface area contributed by atoms with Crippen LogP contribution in [0, 0.1) is 0 Å². The van der Waals surface area contributed by atoms with Gasteiger partial charge in [0.05, 0.1) is 8.07 Å². The summed E-state index contributed by atoms with van der Waals surface area (Å²) in [6.07, 6.45) is 6.33. The maximum Gasteiger partial charge on any atom is 0.186 e. The van der Waals surface area contributed by atoms with E-state index in [4.69, 9.17) is 0 Å². The van der Waals surface area contributed by atoms with Gasteiger partial charge >= 0.3 is 0 Å². The quantitative estimate of drug-likeness (QED) is 0.529. The fourth-order valence-electron chi connectivity index (χ4n) is 3.64. The lowest BCUT2D eigenvalue weighted by atomic mass is 9.85. The summed E-state index contributed by atoms with van der Waals surface area (Å²) in [5.74, 6) is 0.284. The van der Waals surface area contributed by atoms with Crippen LogP contribution in [0.1, 0.15) is 53.7 Å². The molecule has 0 amide bonds. The molecule has 0 saturated carbocycles. The average molecular weight is 375 g/mol. The number of carbonyl (C=O) groups is 1. The van der Waals surface area contributed by atoms with Gasteiger partial charge in [-0.2, -0.15) is 0 Å². The lowest BCUT2D eigenvalue weighted by Crippen LogP contribution is -2.29. The molecule has 1 atom stereocenters. The van der Waals surface area contributed by atoms with E-state index in [1.165, 1.54) is 16.3 Å². The minimum Gasteiger partial charge on any atom is -0.289 e. The first kappa shape index (κ1) is 19.6. The standard InChI is InChI=1S/C25H30OSi/c1-25(2,3)20-14-11-19(12-15-20)22-16-13-18-9-7-8-10-21(18)23(26)17-24(22)27(4,5)6/h7-17,22H,1-6H3/b16-13-,24-17+. The Labute approximate surface area is 164 Å². The summed E-state index contributed by atoms with van der Waals surface area (Å²) in [5, 5.41) is 1.29. The van der Waals surface area contributed by atoms with Crippen molar-refractivity contribution in [1.29, 1.82) is 0 Å². The van der Waals surface area contributed by atoms with Crippen molar-refractivity contribution in [1.82, 2.24) is 0 Å². The van der Waals surface area contributed by atoms with Crippen LogP contribution in [-0.4, -0.2) is 13.9 Å². The van der Waals surface area contributed by atoms with Gasteiger partial charge in [0.1, 0.15) is 0 Å². The van der Waals surface area contributed by atoms with Crippen LogP contribution in [0.4, 0.5) is 0 Å². The van der Waals surface area contributed by atoms with Gasteiger partial charge in [-0.05, 0) is 28.2 Å². The Morgan fingerprint density at radius 3 is 2.11 bits per heavy atom. The molecule has 0 radical (unpaired) electrons. The summed E-state index contributed by atoms with van der Waals surface area (Å²) in [6.45, 7) is 13.7. The van der Waals surface area contributed by atoms with Gasteiger partial charge in [0.15, 0.2) is 5.78 Å². The summed E-state index contributed by atoms with van der Waals surface area (Å²) < 4.78 is 0. The Morgan fingerprint density at radius 1 is 0.889 bits per heavy atom. The molecule has 1 nitrogen and oxygen atoms in total. The second-order valence-electron chi connectivity index (χ2n) is 9.51. The van der Waals surface area contributed by atoms with E-state index in [2.05, 4.69) is 76.8 Å². The summed E-state index contributed by atoms with van der Waals surface area (Å²) in [5.41, 5.74) is 4.54. The molecular formula is C25H30OSi. The first-order valence-corrected chi connectivity index (χ1v) is 13.2. The molecular weight excluding hydrogens is 344 g/mol. The van der Waals surface area contributed by atoms with Crippen LogP contribution in [0.15, 0.2) is 65.9 Å². The Kier molecular flexibility index (Phi) is 5.13. The van der Waals surface area contributed by atoms with Gasteiger partial charge in [0, 0.05) is 11.5 Å². The first-order chi connectivity index (χ1) is 12.6. The van der Waals surface area contributed by atoms with Gasteiger partial charge in [-0.25, -0.2) is 0 Å². The van der Waals surface area contributed by atoms with E-state index < -0.39 is 8.07 Å². The number of benzene rings is 2. The normalized spacial score (nSPS) is 20.9. The van der Waals surface area contributed by atoms with Gasteiger partial charge < -0.3 is 0 Å². The molecule has 1 unspecified atom stereocenters. The smallest absolute Gasteiger partial charge is 0.186 e. The zero-order chi connectivity index (χ0) is 19.8. The number of hydrogen-bond donors (Lipinski definition) is 0. The summed E-state index contributed by atoms with van der Waals surface area (Å²) >= 11 is 0. The number of ketones is 1. The SMILES string of the molecule is CC(C)(C)c1ccc(C2/C=C\c3ccccc3C(=O)/C=C\2[Si](C)(C)C)cc1. The largest absolute Gasteiger partial charge is 0.289 e. The van der Waals surface area contributed by atoms with Crippen molar-refractivity contribution in [3.05, 3.63) is 88.1 Å². The van der Waals surface area contributed by atoms with Gasteiger partial charge in [-0.1, -0.05) is 106 Å². The molecule has 27 heavy (non-hydrogen) atoms. The Morgan fingerprint density at radius 2 is 1.52 bits per heavy atom. The van der Waals surface area contributed by atoms with Crippen molar-refractivity contribution in [2.45, 2.75) is 51.7 Å². The molecule has 0 aliphatic heterocycles. The molecule has 0 spiro atoms. The molecule has 2 aromatic rings. The lowest BCUT2D eigenvalue weighted by Gasteiger charge is -2.29. The van der Waals surface area contributed by atoms with Crippen LogP contribution in [0.3, 0.4) is 0 Å². The van der Waals surface area contributed by atoms with Gasteiger partial charge in [0.2, 0.25) is 0 Å². The van der Waals surface area contributed by atoms with E-state index in [0.29, 0.717) is 0 Å². The monoisotopic (exact) mass is 374 g/mol. The second kappa shape index (κ2) is 7.08. The molecule has 0 fully saturated rings. The Bertz CT molecular complexity index is 903. The minimum atomic E-state index is -1.68. The zero-order valence-corrected chi connectivity index (χ0v) is 18.3. The van der Waals surface area contributed by atoms with E-state index in [1.54, 1.807) is 0 Å². The van der Waals surface area contributed by atoms with Gasteiger partial charge in [0.25, 0.3) is 0 Å². The van der Waals surface area contributed by atoms with E-state index in [9.17, 15) is 4.79 Å². The Balaban J connectivity index is 2.13. The van der Waals surface area contributed by atoms with Crippen molar-refractivity contribution in [2.75, 3.05) is 0 Å². The molecule has 1 aliphatic carbocycles. The van der Waals surface area contributed by atoms with Crippen molar-refractivity contribution < 1.29 is 4.79 Å². The number of carbonyl (C=O) groups excluding carboxylic acids is 1. The predicted octanol–water partition coefficient (Wildman–Crippen LogP) is 6.78. The highest BCUT2D eigenvalue weighted by molar-refractivity contribution is 6.83. The van der Waals surface area contributed by atoms with Crippen LogP contribution < -0.4 is 0 Å². The molecule has 2 heteroatoms. The molecule has 0 heterocycles. The second-order valence-corrected chi connectivity index (χ2v) is 14.6. The van der Waals surface area contributed by atoms with E-state index >= 15 is 0 Å². The number of allylic oxidation sites excluding steroid dienone is 3. The van der Waals surface area contributed by atoms with Crippen LogP contribution in [0.2, 0.25) is 19.6 Å². The van der Waals surface area contributed by atoms with Crippen molar-refractivity contribution in [3.63, 3.8) is 0 Å². The van der Waals surface area contributed by atoms with Crippen molar-refractivity contribution in [2.24, 2.45) is 0 Å². The molecule has 140 valence electrons. The molecule has 2 aromatic carbocycles. The van der Waals surface area contributed by atoms with Crippen LogP contribution in [0.5, 0.6) is 0 Å². The van der Waals surface area contributed by atoms with Crippen LogP contribution >= 0.6 is 0 Å². The highest BCUT2D eigenvalue weighted by Gasteiger charge is 2.29. The summed E-state index contributed by atoms with van der Waals surface area (Å²) in [7, 11) is -1.68.